The normalized spacial score (nSPS) is 9.25. The number of carbonyl (C=O) groups excluding carboxylic acids is 2. The lowest BCUT2D eigenvalue weighted by Gasteiger charge is -2.04. The highest BCUT2D eigenvalue weighted by atomic mass is 16.5. The van der Waals surface area contributed by atoms with Gasteiger partial charge in [0.05, 0.1) is 19.7 Å². The predicted molar refractivity (Wildman–Crippen MR) is 60.6 cm³/mol. The highest BCUT2D eigenvalue weighted by molar-refractivity contribution is 5.78. The average molecular weight is 226 g/mol. The highest BCUT2D eigenvalue weighted by Crippen LogP contribution is 1.90. The van der Waals surface area contributed by atoms with Gasteiger partial charge in [-0.2, -0.15) is 0 Å². The zero-order chi connectivity index (χ0) is 12.2. The Hall–Kier alpha value is -1.54. The van der Waals surface area contributed by atoms with Gasteiger partial charge in [-0.05, 0) is 19.9 Å². The highest BCUT2D eigenvalue weighted by Gasteiger charge is 2.01. The van der Waals surface area contributed by atoms with Crippen LogP contribution in [0.2, 0.25) is 0 Å². The number of ether oxygens (including phenoxy) is 1. The van der Waals surface area contributed by atoms with Crippen LogP contribution in [0.5, 0.6) is 0 Å². The molecule has 0 atom stereocenters. The number of hydrogen-bond donors (Lipinski definition) is 2. The summed E-state index contributed by atoms with van der Waals surface area (Å²) >= 11 is 0. The van der Waals surface area contributed by atoms with Gasteiger partial charge in [0.1, 0.15) is 0 Å². The van der Waals surface area contributed by atoms with Crippen LogP contribution in [0.15, 0.2) is 0 Å². The van der Waals surface area contributed by atoms with Crippen LogP contribution in [0.1, 0.15) is 19.8 Å². The van der Waals surface area contributed by atoms with E-state index in [1.807, 2.05) is 0 Å². The summed E-state index contributed by atoms with van der Waals surface area (Å²) < 4.78 is 4.75. The molecule has 0 radical (unpaired) electrons. The summed E-state index contributed by atoms with van der Waals surface area (Å²) in [5.74, 6) is 1.96. The van der Waals surface area contributed by atoms with Gasteiger partial charge in [0, 0.05) is 6.42 Å². The van der Waals surface area contributed by atoms with Gasteiger partial charge in [0.2, 0.25) is 5.91 Å². The van der Waals surface area contributed by atoms with Crippen LogP contribution in [0.25, 0.3) is 0 Å². The Bertz CT molecular complexity index is 258. The molecule has 0 aromatic rings. The third-order valence-electron chi connectivity index (χ3n) is 1.71. The number of esters is 1. The molecule has 0 fully saturated rings. The van der Waals surface area contributed by atoms with Crippen molar-refractivity contribution in [3.8, 4) is 12.3 Å². The Labute approximate surface area is 95.9 Å². The van der Waals surface area contributed by atoms with E-state index in [4.69, 9.17) is 11.2 Å². The van der Waals surface area contributed by atoms with E-state index < -0.39 is 0 Å². The van der Waals surface area contributed by atoms with Gasteiger partial charge >= 0.3 is 5.97 Å². The lowest BCUT2D eigenvalue weighted by Crippen LogP contribution is -2.34. The minimum atomic E-state index is -0.207. The molecule has 0 spiro atoms. The van der Waals surface area contributed by atoms with Gasteiger partial charge in [-0.15, -0.1) is 6.42 Å². The third-order valence-corrected chi connectivity index (χ3v) is 1.71. The second-order valence-corrected chi connectivity index (χ2v) is 3.07. The van der Waals surface area contributed by atoms with Crippen molar-refractivity contribution in [3.05, 3.63) is 0 Å². The zero-order valence-electron chi connectivity index (χ0n) is 9.54. The summed E-state index contributed by atoms with van der Waals surface area (Å²) in [4.78, 5) is 22.0. The molecule has 0 saturated heterocycles. The monoisotopic (exact) mass is 226 g/mol. The standard InChI is InChI=1S/C11H18N2O3/c1-3-7-13-10(14)9-12-8-5-6-11(15)16-4-2/h1,12H,4-9H2,2H3,(H,13,14). The first-order valence-electron chi connectivity index (χ1n) is 5.27. The molecule has 0 saturated carbocycles. The first kappa shape index (κ1) is 14.5. The Morgan fingerprint density at radius 2 is 2.19 bits per heavy atom. The lowest BCUT2D eigenvalue weighted by molar-refractivity contribution is -0.143. The van der Waals surface area contributed by atoms with Gasteiger partial charge in [-0.25, -0.2) is 0 Å². The fourth-order valence-corrected chi connectivity index (χ4v) is 1.00. The first-order chi connectivity index (χ1) is 7.70. The second kappa shape index (κ2) is 9.99. The Morgan fingerprint density at radius 1 is 1.44 bits per heavy atom. The van der Waals surface area contributed by atoms with Crippen molar-refractivity contribution in [3.63, 3.8) is 0 Å². The number of rotatable bonds is 8. The van der Waals surface area contributed by atoms with E-state index in [0.717, 1.165) is 0 Å². The van der Waals surface area contributed by atoms with E-state index in [-0.39, 0.29) is 25.0 Å². The molecule has 1 amide bonds. The van der Waals surface area contributed by atoms with Crippen molar-refractivity contribution in [1.82, 2.24) is 10.6 Å². The fourth-order valence-electron chi connectivity index (χ4n) is 1.00. The molecular formula is C11H18N2O3. The molecule has 0 aromatic carbocycles. The van der Waals surface area contributed by atoms with Crippen LogP contribution in [-0.2, 0) is 14.3 Å². The van der Waals surface area contributed by atoms with Gasteiger partial charge in [0.15, 0.2) is 0 Å². The lowest BCUT2D eigenvalue weighted by atomic mass is 10.3. The number of hydrogen-bond acceptors (Lipinski definition) is 4. The molecule has 16 heavy (non-hydrogen) atoms. The topological polar surface area (TPSA) is 67.4 Å². The largest absolute Gasteiger partial charge is 0.466 e. The van der Waals surface area contributed by atoms with E-state index in [9.17, 15) is 9.59 Å². The molecule has 2 N–H and O–H groups in total. The maximum absolute atomic E-state index is 11.0. The van der Waals surface area contributed by atoms with Crippen LogP contribution >= 0.6 is 0 Å². The number of amides is 1. The van der Waals surface area contributed by atoms with E-state index in [2.05, 4.69) is 16.6 Å². The molecule has 5 nitrogen and oxygen atoms in total. The molecule has 0 bridgehead atoms. The second-order valence-electron chi connectivity index (χ2n) is 3.07. The molecule has 0 aromatic heterocycles. The maximum Gasteiger partial charge on any atom is 0.305 e. The summed E-state index contributed by atoms with van der Waals surface area (Å²) in [6.07, 6.45) is 6.00. The summed E-state index contributed by atoms with van der Waals surface area (Å²) in [5.41, 5.74) is 0. The number of nitrogens with one attached hydrogen (secondary N) is 2. The molecule has 90 valence electrons. The SMILES string of the molecule is C#CCNC(=O)CNCCCC(=O)OCC. The minimum absolute atomic E-state index is 0.144. The molecule has 0 heterocycles. The van der Waals surface area contributed by atoms with Crippen LogP contribution in [-0.4, -0.2) is 38.1 Å². The predicted octanol–water partition coefficient (Wildman–Crippen LogP) is -0.331. The third kappa shape index (κ3) is 9.03. The molecule has 5 heteroatoms. The molecule has 0 aliphatic carbocycles. The minimum Gasteiger partial charge on any atom is -0.466 e. The molecular weight excluding hydrogens is 208 g/mol. The van der Waals surface area contributed by atoms with Gasteiger partial charge < -0.3 is 15.4 Å². The molecule has 0 aliphatic rings. The molecule has 0 unspecified atom stereocenters. The van der Waals surface area contributed by atoms with Gasteiger partial charge in [0.25, 0.3) is 0 Å². The molecule has 0 aliphatic heterocycles. The van der Waals surface area contributed by atoms with Crippen molar-refractivity contribution in [2.75, 3.05) is 26.2 Å². The van der Waals surface area contributed by atoms with Gasteiger partial charge in [-0.1, -0.05) is 5.92 Å². The maximum atomic E-state index is 11.0. The zero-order valence-corrected chi connectivity index (χ0v) is 9.54. The van der Waals surface area contributed by atoms with Gasteiger partial charge in [-0.3, -0.25) is 9.59 Å². The quantitative estimate of drug-likeness (QED) is 0.338. The van der Waals surface area contributed by atoms with E-state index in [1.54, 1.807) is 6.92 Å². The summed E-state index contributed by atoms with van der Waals surface area (Å²) in [6.45, 7) is 3.23. The summed E-state index contributed by atoms with van der Waals surface area (Å²) in [5, 5.41) is 5.43. The smallest absolute Gasteiger partial charge is 0.305 e. The number of terminal acetylenes is 1. The Kier molecular flexibility index (Phi) is 9.03. The van der Waals surface area contributed by atoms with E-state index in [0.29, 0.717) is 26.0 Å². The van der Waals surface area contributed by atoms with Crippen LogP contribution < -0.4 is 10.6 Å². The fraction of sp³-hybridized carbons (Fsp3) is 0.636. The van der Waals surface area contributed by atoms with Crippen LogP contribution in [0, 0.1) is 12.3 Å². The van der Waals surface area contributed by atoms with Crippen molar-refractivity contribution >= 4 is 11.9 Å². The van der Waals surface area contributed by atoms with Crippen molar-refractivity contribution < 1.29 is 14.3 Å². The average Bonchev–Trinajstić information content (AvgIpc) is 2.26. The van der Waals surface area contributed by atoms with Crippen LogP contribution in [0.4, 0.5) is 0 Å². The van der Waals surface area contributed by atoms with Crippen LogP contribution in [0.3, 0.4) is 0 Å². The van der Waals surface area contributed by atoms with E-state index in [1.165, 1.54) is 0 Å². The Morgan fingerprint density at radius 3 is 2.81 bits per heavy atom. The molecule has 0 rings (SSSR count). The Balaban J connectivity index is 3.30. The van der Waals surface area contributed by atoms with E-state index >= 15 is 0 Å². The summed E-state index contributed by atoms with van der Waals surface area (Å²) in [6, 6.07) is 0. The van der Waals surface area contributed by atoms with Crippen molar-refractivity contribution in [1.29, 1.82) is 0 Å². The van der Waals surface area contributed by atoms with Crippen molar-refractivity contribution in [2.45, 2.75) is 19.8 Å². The first-order valence-corrected chi connectivity index (χ1v) is 5.27. The summed E-state index contributed by atoms with van der Waals surface area (Å²) in [7, 11) is 0. The van der Waals surface area contributed by atoms with Crippen molar-refractivity contribution in [2.24, 2.45) is 0 Å². The number of carbonyl (C=O) groups is 2.